The second kappa shape index (κ2) is 12.8. The molecular formula is C30H18BrCl4N3O4. The van der Waals surface area contributed by atoms with Crippen LogP contribution in [0.2, 0.25) is 20.1 Å². The quantitative estimate of drug-likeness (QED) is 0.0765. The Labute approximate surface area is 268 Å². The van der Waals surface area contributed by atoms with Gasteiger partial charge in [-0.25, -0.2) is 10.2 Å². The topological polar surface area (TPSA) is 92.8 Å². The summed E-state index contributed by atoms with van der Waals surface area (Å²) in [7, 11) is 1.44. The van der Waals surface area contributed by atoms with Gasteiger partial charge in [-0.15, -0.1) is 0 Å². The second-order valence-corrected chi connectivity index (χ2v) is 11.4. The molecule has 0 spiro atoms. The van der Waals surface area contributed by atoms with Gasteiger partial charge in [-0.1, -0.05) is 80.5 Å². The Morgan fingerprint density at radius 1 is 0.905 bits per heavy atom. The lowest BCUT2D eigenvalue weighted by atomic mass is 10.0. The minimum Gasteiger partial charge on any atom is -0.496 e. The highest BCUT2D eigenvalue weighted by molar-refractivity contribution is 9.10. The van der Waals surface area contributed by atoms with Crippen molar-refractivity contribution in [3.8, 4) is 22.6 Å². The molecule has 2 N–H and O–H groups in total. The molecule has 1 aromatic heterocycles. The smallest absolute Gasteiger partial charge is 0.347 e. The van der Waals surface area contributed by atoms with E-state index in [0.29, 0.717) is 57.9 Å². The predicted molar refractivity (Wildman–Crippen MR) is 171 cm³/mol. The summed E-state index contributed by atoms with van der Waals surface area (Å²) < 4.78 is 11.6. The first kappa shape index (κ1) is 29.9. The molecule has 42 heavy (non-hydrogen) atoms. The highest BCUT2D eigenvalue weighted by Crippen LogP contribution is 2.40. The molecule has 0 bridgehead atoms. The molecule has 0 radical (unpaired) electrons. The van der Waals surface area contributed by atoms with Crippen LogP contribution in [-0.2, 0) is 0 Å². The Hall–Kier alpha value is -3.53. The van der Waals surface area contributed by atoms with Crippen molar-refractivity contribution in [3.63, 3.8) is 0 Å². The van der Waals surface area contributed by atoms with Gasteiger partial charge >= 0.3 is 5.97 Å². The summed E-state index contributed by atoms with van der Waals surface area (Å²) in [5.41, 5.74) is 4.88. The number of hydrazone groups is 1. The molecular weight excluding hydrogens is 688 g/mol. The third-order valence-electron chi connectivity index (χ3n) is 6.12. The van der Waals surface area contributed by atoms with Crippen LogP contribution in [0.25, 0.3) is 22.0 Å². The molecule has 0 atom stereocenters. The number of benzene rings is 4. The third kappa shape index (κ3) is 6.28. The zero-order chi connectivity index (χ0) is 30.0. The van der Waals surface area contributed by atoms with Gasteiger partial charge in [0.25, 0.3) is 5.91 Å². The number of nitrogens with one attached hydrogen (secondary N) is 2. The van der Waals surface area contributed by atoms with Crippen LogP contribution < -0.4 is 14.9 Å². The first-order chi connectivity index (χ1) is 20.2. The zero-order valence-electron chi connectivity index (χ0n) is 21.5. The van der Waals surface area contributed by atoms with Gasteiger partial charge < -0.3 is 14.5 Å². The van der Waals surface area contributed by atoms with Gasteiger partial charge in [0.1, 0.15) is 22.8 Å². The fourth-order valence-electron chi connectivity index (χ4n) is 4.26. The summed E-state index contributed by atoms with van der Waals surface area (Å²) in [6.07, 6.45) is 1.35. The largest absolute Gasteiger partial charge is 0.496 e. The summed E-state index contributed by atoms with van der Waals surface area (Å²) in [5.74, 6) is -0.764. The SMILES string of the molecule is COc1ccc(Cl)cc1C(=O)Oc1ccc(Br)cc1C=NNC(=O)c1[nH]c2c(Cl)cc(Cl)cc2c1-c1ccccc1Cl. The number of halogens is 5. The van der Waals surface area contributed by atoms with Crippen molar-refractivity contribution in [2.75, 3.05) is 7.11 Å². The first-order valence-corrected chi connectivity index (χ1v) is 14.4. The molecule has 1 heterocycles. The number of hydrogen-bond acceptors (Lipinski definition) is 5. The van der Waals surface area contributed by atoms with Gasteiger partial charge in [-0.2, -0.15) is 5.10 Å². The van der Waals surface area contributed by atoms with Crippen molar-refractivity contribution < 1.29 is 19.1 Å². The predicted octanol–water partition coefficient (Wildman–Crippen LogP) is 9.20. The second-order valence-electron chi connectivity index (χ2n) is 8.78. The number of esters is 1. The minimum absolute atomic E-state index is 0.147. The van der Waals surface area contributed by atoms with Crippen LogP contribution in [0, 0.1) is 0 Å². The Morgan fingerprint density at radius 3 is 2.43 bits per heavy atom. The number of amides is 1. The van der Waals surface area contributed by atoms with Crippen molar-refractivity contribution in [1.82, 2.24) is 10.4 Å². The summed E-state index contributed by atoms with van der Waals surface area (Å²) in [4.78, 5) is 29.5. The summed E-state index contributed by atoms with van der Waals surface area (Å²) in [6, 6.07) is 20.0. The highest BCUT2D eigenvalue weighted by Gasteiger charge is 2.23. The van der Waals surface area contributed by atoms with Gasteiger partial charge in [0.15, 0.2) is 0 Å². The molecule has 0 unspecified atom stereocenters. The Balaban J connectivity index is 1.46. The zero-order valence-corrected chi connectivity index (χ0v) is 26.1. The fourth-order valence-corrected chi connectivity index (χ4v) is 5.58. The molecule has 4 aromatic carbocycles. The van der Waals surface area contributed by atoms with Crippen molar-refractivity contribution in [3.05, 3.63) is 114 Å². The van der Waals surface area contributed by atoms with Crippen LogP contribution in [0.4, 0.5) is 0 Å². The molecule has 0 aliphatic heterocycles. The number of carbonyl (C=O) groups excluding carboxylic acids is 2. The van der Waals surface area contributed by atoms with Crippen LogP contribution in [-0.4, -0.2) is 30.2 Å². The highest BCUT2D eigenvalue weighted by atomic mass is 79.9. The van der Waals surface area contributed by atoms with E-state index in [1.165, 1.54) is 19.4 Å². The number of rotatable bonds is 7. The van der Waals surface area contributed by atoms with Gasteiger partial charge in [0.05, 0.1) is 23.9 Å². The molecule has 0 aliphatic carbocycles. The molecule has 0 fully saturated rings. The average molecular weight is 706 g/mol. The third-order valence-corrected chi connectivity index (χ3v) is 7.69. The molecule has 1 amide bonds. The molecule has 5 rings (SSSR count). The van der Waals surface area contributed by atoms with Crippen molar-refractivity contribution in [1.29, 1.82) is 0 Å². The molecule has 0 saturated heterocycles. The molecule has 7 nitrogen and oxygen atoms in total. The van der Waals surface area contributed by atoms with E-state index >= 15 is 0 Å². The number of hydrogen-bond donors (Lipinski definition) is 2. The lowest BCUT2D eigenvalue weighted by Gasteiger charge is -2.11. The Morgan fingerprint density at radius 2 is 1.67 bits per heavy atom. The van der Waals surface area contributed by atoms with E-state index in [1.807, 2.05) is 0 Å². The maximum atomic E-state index is 13.4. The summed E-state index contributed by atoms with van der Waals surface area (Å²) >= 11 is 28.7. The average Bonchev–Trinajstić information content (AvgIpc) is 3.34. The number of H-pyrrole nitrogens is 1. The first-order valence-electron chi connectivity index (χ1n) is 12.1. The number of ether oxygens (including phenoxy) is 2. The van der Waals surface area contributed by atoms with Gasteiger partial charge in [-0.3, -0.25) is 4.79 Å². The van der Waals surface area contributed by atoms with Crippen LogP contribution >= 0.6 is 62.3 Å². The maximum Gasteiger partial charge on any atom is 0.347 e. The Bertz CT molecular complexity index is 1890. The van der Waals surface area contributed by atoms with E-state index in [2.05, 4.69) is 31.4 Å². The van der Waals surface area contributed by atoms with Crippen LogP contribution in [0.5, 0.6) is 11.5 Å². The van der Waals surface area contributed by atoms with Crippen LogP contribution in [0.3, 0.4) is 0 Å². The number of aromatic nitrogens is 1. The number of aromatic amines is 1. The van der Waals surface area contributed by atoms with Crippen molar-refractivity contribution in [2.45, 2.75) is 0 Å². The molecule has 5 aromatic rings. The number of fused-ring (bicyclic) bond motifs is 1. The van der Waals surface area contributed by atoms with E-state index in [0.717, 1.165) is 0 Å². The molecule has 0 saturated carbocycles. The minimum atomic E-state index is -0.687. The maximum absolute atomic E-state index is 13.4. The van der Waals surface area contributed by atoms with Crippen LogP contribution in [0.1, 0.15) is 26.4 Å². The molecule has 212 valence electrons. The lowest BCUT2D eigenvalue weighted by molar-refractivity contribution is 0.0730. The van der Waals surface area contributed by atoms with E-state index in [1.54, 1.807) is 66.7 Å². The van der Waals surface area contributed by atoms with E-state index in [9.17, 15) is 9.59 Å². The Kier molecular flexibility index (Phi) is 9.11. The van der Waals surface area contributed by atoms with Crippen molar-refractivity contribution in [2.24, 2.45) is 5.10 Å². The fraction of sp³-hybridized carbons (Fsp3) is 0.0333. The summed E-state index contributed by atoms with van der Waals surface area (Å²) in [6.45, 7) is 0. The normalized spacial score (nSPS) is 11.2. The lowest BCUT2D eigenvalue weighted by Crippen LogP contribution is -2.19. The number of carbonyl (C=O) groups is 2. The number of nitrogens with zero attached hydrogens (tertiary/aromatic N) is 1. The van der Waals surface area contributed by atoms with E-state index in [-0.39, 0.29) is 17.0 Å². The standard InChI is InChI=1S/C30H18BrCl4N3O4/c1-41-25-9-7-17(32)11-20(25)30(40)42-24-8-6-16(31)10-15(24)14-36-38-29(39)28-26(19-4-2-3-5-22(19)34)21-12-18(33)13-23(35)27(21)37-28/h2-14,37H,1H3,(H,38,39). The number of methoxy groups -OCH3 is 1. The summed E-state index contributed by atoms with van der Waals surface area (Å²) in [5, 5.41) is 6.26. The van der Waals surface area contributed by atoms with Crippen molar-refractivity contribution >= 4 is 91.3 Å². The monoisotopic (exact) mass is 703 g/mol. The molecule has 0 aliphatic rings. The van der Waals surface area contributed by atoms with Gasteiger partial charge in [-0.05, 0) is 54.6 Å². The molecule has 12 heteroatoms. The van der Waals surface area contributed by atoms with E-state index < -0.39 is 11.9 Å². The van der Waals surface area contributed by atoms with Crippen LogP contribution in [0.15, 0.2) is 82.4 Å². The van der Waals surface area contributed by atoms with Gasteiger partial charge in [0, 0.05) is 41.6 Å². The van der Waals surface area contributed by atoms with E-state index in [4.69, 9.17) is 55.9 Å². The van der Waals surface area contributed by atoms with Gasteiger partial charge in [0.2, 0.25) is 0 Å².